The lowest BCUT2D eigenvalue weighted by molar-refractivity contribution is 0.0872. The maximum Gasteiger partial charge on any atom is 0.225 e. The van der Waals surface area contributed by atoms with Crippen molar-refractivity contribution in [2.45, 2.75) is 25.9 Å². The summed E-state index contributed by atoms with van der Waals surface area (Å²) >= 11 is 0. The highest BCUT2D eigenvalue weighted by atomic mass is 16.3. The zero-order chi connectivity index (χ0) is 14.8. The molecule has 6 nitrogen and oxygen atoms in total. The topological polar surface area (TPSA) is 67.1 Å². The summed E-state index contributed by atoms with van der Waals surface area (Å²) < 4.78 is 1.88. The van der Waals surface area contributed by atoms with Crippen molar-refractivity contribution in [2.75, 3.05) is 18.0 Å². The molecule has 21 heavy (non-hydrogen) atoms. The minimum atomic E-state index is -0.544. The minimum absolute atomic E-state index is 0.156. The monoisotopic (exact) mass is 287 g/mol. The number of hydrogen-bond donors (Lipinski definition) is 1. The number of aryl methyl sites for hydroxylation is 2. The van der Waals surface area contributed by atoms with Gasteiger partial charge in [0, 0.05) is 50.3 Å². The average molecular weight is 287 g/mol. The van der Waals surface area contributed by atoms with Crippen LogP contribution in [-0.4, -0.2) is 37.7 Å². The Hall–Kier alpha value is -1.95. The maximum atomic E-state index is 10.6. The Morgan fingerprint density at radius 3 is 2.90 bits per heavy atom. The number of hydrogen-bond acceptors (Lipinski definition) is 5. The van der Waals surface area contributed by atoms with E-state index in [4.69, 9.17) is 0 Å². The smallest absolute Gasteiger partial charge is 0.225 e. The van der Waals surface area contributed by atoms with E-state index in [9.17, 15) is 5.11 Å². The van der Waals surface area contributed by atoms with Gasteiger partial charge in [0.25, 0.3) is 0 Å². The number of aliphatic hydroxyl groups is 1. The summed E-state index contributed by atoms with van der Waals surface area (Å²) in [5.74, 6) is 1.64. The predicted molar refractivity (Wildman–Crippen MR) is 79.9 cm³/mol. The number of piperidine rings is 1. The van der Waals surface area contributed by atoms with Crippen LogP contribution in [0.1, 0.15) is 30.5 Å². The molecule has 1 fully saturated rings. The summed E-state index contributed by atoms with van der Waals surface area (Å²) in [6.07, 6.45) is 6.86. The van der Waals surface area contributed by atoms with Gasteiger partial charge < -0.3 is 14.6 Å². The van der Waals surface area contributed by atoms with E-state index in [1.165, 1.54) is 0 Å². The van der Waals surface area contributed by atoms with Crippen molar-refractivity contribution in [3.8, 4) is 0 Å². The van der Waals surface area contributed by atoms with Gasteiger partial charge in [-0.2, -0.15) is 0 Å². The highest BCUT2D eigenvalue weighted by molar-refractivity contribution is 5.31. The van der Waals surface area contributed by atoms with E-state index in [2.05, 4.69) is 19.9 Å². The van der Waals surface area contributed by atoms with Gasteiger partial charge in [0.1, 0.15) is 11.9 Å². The number of anilines is 1. The Morgan fingerprint density at radius 2 is 2.19 bits per heavy atom. The normalized spacial score (nSPS) is 20.5. The van der Waals surface area contributed by atoms with Gasteiger partial charge in [0.05, 0.1) is 0 Å². The number of aliphatic hydroxyl groups excluding tert-OH is 1. The van der Waals surface area contributed by atoms with Crippen molar-refractivity contribution in [3.05, 3.63) is 36.2 Å². The molecule has 0 spiro atoms. The zero-order valence-corrected chi connectivity index (χ0v) is 12.5. The zero-order valence-electron chi connectivity index (χ0n) is 12.5. The first-order valence-corrected chi connectivity index (χ1v) is 7.35. The molecule has 2 unspecified atom stereocenters. The van der Waals surface area contributed by atoms with Crippen molar-refractivity contribution in [1.82, 2.24) is 19.5 Å². The molecule has 6 heteroatoms. The Balaban J connectivity index is 1.75. The number of aromatic nitrogens is 4. The van der Waals surface area contributed by atoms with Crippen molar-refractivity contribution in [2.24, 2.45) is 13.0 Å². The molecule has 0 bridgehead atoms. The fraction of sp³-hybridized carbons (Fsp3) is 0.533. The van der Waals surface area contributed by atoms with Gasteiger partial charge in [-0.1, -0.05) is 0 Å². The van der Waals surface area contributed by atoms with E-state index in [1.807, 2.05) is 30.8 Å². The van der Waals surface area contributed by atoms with E-state index < -0.39 is 6.10 Å². The van der Waals surface area contributed by atoms with Gasteiger partial charge in [0.15, 0.2) is 0 Å². The second-order valence-corrected chi connectivity index (χ2v) is 5.69. The number of imidazole rings is 1. The van der Waals surface area contributed by atoms with Crippen molar-refractivity contribution in [1.29, 1.82) is 0 Å². The molecule has 1 N–H and O–H groups in total. The largest absolute Gasteiger partial charge is 0.385 e. The summed E-state index contributed by atoms with van der Waals surface area (Å²) in [6.45, 7) is 3.67. The standard InChI is InChI=1S/C15H21N5O/c1-11-5-6-17-15(18-11)20-8-3-4-12(10-20)13(21)14-16-7-9-19(14)2/h5-7,9,12-13,21H,3-4,8,10H2,1-2H3. The van der Waals surface area contributed by atoms with Crippen molar-refractivity contribution < 1.29 is 5.11 Å². The van der Waals surface area contributed by atoms with Gasteiger partial charge in [-0.3, -0.25) is 0 Å². The van der Waals surface area contributed by atoms with E-state index >= 15 is 0 Å². The quantitative estimate of drug-likeness (QED) is 0.926. The highest BCUT2D eigenvalue weighted by Crippen LogP contribution is 2.30. The molecule has 0 aromatic carbocycles. The fourth-order valence-corrected chi connectivity index (χ4v) is 2.91. The molecule has 112 valence electrons. The van der Waals surface area contributed by atoms with Crippen LogP contribution in [0.4, 0.5) is 5.95 Å². The van der Waals surface area contributed by atoms with Crippen LogP contribution in [-0.2, 0) is 7.05 Å². The molecular formula is C15H21N5O. The first-order valence-electron chi connectivity index (χ1n) is 7.35. The first-order chi connectivity index (χ1) is 10.1. The minimum Gasteiger partial charge on any atom is -0.385 e. The van der Waals surface area contributed by atoms with Crippen LogP contribution >= 0.6 is 0 Å². The third-order valence-electron chi connectivity index (χ3n) is 4.09. The van der Waals surface area contributed by atoms with Gasteiger partial charge in [0.2, 0.25) is 5.95 Å². The van der Waals surface area contributed by atoms with Crippen molar-refractivity contribution >= 4 is 5.95 Å². The molecule has 0 radical (unpaired) electrons. The number of rotatable bonds is 3. The molecule has 2 aromatic heterocycles. The summed E-state index contributed by atoms with van der Waals surface area (Å²) in [5, 5.41) is 10.6. The van der Waals surface area contributed by atoms with Crippen LogP contribution in [0, 0.1) is 12.8 Å². The van der Waals surface area contributed by atoms with Crippen LogP contribution in [0.3, 0.4) is 0 Å². The summed E-state index contributed by atoms with van der Waals surface area (Å²) in [6, 6.07) is 1.90. The molecular weight excluding hydrogens is 266 g/mol. The van der Waals surface area contributed by atoms with Gasteiger partial charge in [-0.05, 0) is 25.8 Å². The summed E-state index contributed by atoms with van der Waals surface area (Å²) in [4.78, 5) is 15.3. The highest BCUT2D eigenvalue weighted by Gasteiger charge is 2.30. The molecule has 0 saturated carbocycles. The molecule has 2 atom stereocenters. The van der Waals surface area contributed by atoms with Gasteiger partial charge in [-0.15, -0.1) is 0 Å². The number of nitrogens with zero attached hydrogens (tertiary/aromatic N) is 5. The molecule has 2 aromatic rings. The Bertz CT molecular complexity index is 612. The second-order valence-electron chi connectivity index (χ2n) is 5.69. The molecule has 0 amide bonds. The van der Waals surface area contributed by atoms with Crippen LogP contribution in [0.5, 0.6) is 0 Å². The fourth-order valence-electron chi connectivity index (χ4n) is 2.91. The second kappa shape index (κ2) is 5.81. The SMILES string of the molecule is Cc1ccnc(N2CCCC(C(O)c3nccn3C)C2)n1. The lowest BCUT2D eigenvalue weighted by atomic mass is 9.92. The van der Waals surface area contributed by atoms with Gasteiger partial charge in [-0.25, -0.2) is 15.0 Å². The first kappa shape index (κ1) is 14.0. The Kier molecular flexibility index (Phi) is 3.88. The van der Waals surface area contributed by atoms with E-state index in [1.54, 1.807) is 12.4 Å². The van der Waals surface area contributed by atoms with Crippen LogP contribution in [0.15, 0.2) is 24.7 Å². The van der Waals surface area contributed by atoms with Crippen molar-refractivity contribution in [3.63, 3.8) is 0 Å². The van der Waals surface area contributed by atoms with E-state index in [0.29, 0.717) is 0 Å². The Morgan fingerprint density at radius 1 is 1.33 bits per heavy atom. The summed E-state index contributed by atoms with van der Waals surface area (Å²) in [5.41, 5.74) is 0.965. The lowest BCUT2D eigenvalue weighted by Gasteiger charge is -2.34. The molecule has 1 aliphatic heterocycles. The third-order valence-corrected chi connectivity index (χ3v) is 4.09. The van der Waals surface area contributed by atoms with Crippen LogP contribution < -0.4 is 4.90 Å². The van der Waals surface area contributed by atoms with Crippen LogP contribution in [0.2, 0.25) is 0 Å². The predicted octanol–water partition coefficient (Wildman–Crippen LogP) is 1.47. The molecule has 3 heterocycles. The molecule has 3 rings (SSSR count). The molecule has 1 saturated heterocycles. The van der Waals surface area contributed by atoms with E-state index in [-0.39, 0.29) is 5.92 Å². The van der Waals surface area contributed by atoms with Crippen LogP contribution in [0.25, 0.3) is 0 Å². The molecule has 1 aliphatic rings. The average Bonchev–Trinajstić information content (AvgIpc) is 2.93. The summed E-state index contributed by atoms with van der Waals surface area (Å²) in [7, 11) is 1.91. The molecule has 0 aliphatic carbocycles. The lowest BCUT2D eigenvalue weighted by Crippen LogP contribution is -2.39. The van der Waals surface area contributed by atoms with E-state index in [0.717, 1.165) is 43.4 Å². The van der Waals surface area contributed by atoms with Gasteiger partial charge >= 0.3 is 0 Å². The maximum absolute atomic E-state index is 10.6. The Labute approximate surface area is 124 Å². The third kappa shape index (κ3) is 2.90.